The Morgan fingerprint density at radius 1 is 0.793 bits per heavy atom. The second-order valence-electron chi connectivity index (χ2n) is 8.34. The molecule has 3 rings (SSSR count). The van der Waals surface area contributed by atoms with E-state index in [2.05, 4.69) is 36.4 Å². The number of hydrogen-bond donors (Lipinski definition) is 0. The zero-order valence-electron chi connectivity index (χ0n) is 17.3. The molecule has 1 aliphatic carbocycles. The average molecular weight is 390 g/mol. The van der Waals surface area contributed by atoms with Crippen LogP contribution in [0.4, 0.5) is 4.39 Å². The third kappa shape index (κ3) is 6.86. The van der Waals surface area contributed by atoms with E-state index in [9.17, 15) is 4.39 Å². The van der Waals surface area contributed by atoms with Crippen molar-refractivity contribution in [3.63, 3.8) is 0 Å². The Labute approximate surface area is 175 Å². The number of rotatable bonds is 9. The molecule has 0 aromatic heterocycles. The van der Waals surface area contributed by atoms with Crippen LogP contribution in [0.3, 0.4) is 0 Å². The normalized spacial score (nSPS) is 19.3. The lowest BCUT2D eigenvalue weighted by Crippen LogP contribution is -2.15. The van der Waals surface area contributed by atoms with Gasteiger partial charge in [-0.15, -0.1) is 0 Å². The van der Waals surface area contributed by atoms with Crippen LogP contribution in [0.15, 0.2) is 60.7 Å². The van der Waals surface area contributed by atoms with E-state index in [4.69, 9.17) is 5.26 Å². The summed E-state index contributed by atoms with van der Waals surface area (Å²) in [6, 6.07) is 18.9. The monoisotopic (exact) mass is 389 g/mol. The van der Waals surface area contributed by atoms with Gasteiger partial charge in [0.1, 0.15) is 0 Å². The zero-order valence-corrected chi connectivity index (χ0v) is 17.3. The number of halogens is 1. The average Bonchev–Trinajstić information content (AvgIpc) is 2.79. The number of nitriles is 1. The molecule has 0 spiro atoms. The number of alkyl halides is 1. The maximum Gasteiger partial charge on any atom is 0.0991 e. The van der Waals surface area contributed by atoms with Crippen molar-refractivity contribution in [1.29, 1.82) is 5.26 Å². The molecular formula is C27H32FN. The van der Waals surface area contributed by atoms with Crippen LogP contribution in [0.2, 0.25) is 0 Å². The van der Waals surface area contributed by atoms with Crippen molar-refractivity contribution >= 4 is 0 Å². The molecule has 1 aliphatic rings. The third-order valence-corrected chi connectivity index (χ3v) is 6.29. The van der Waals surface area contributed by atoms with Crippen molar-refractivity contribution in [3.8, 4) is 17.2 Å². The molecule has 0 unspecified atom stereocenters. The summed E-state index contributed by atoms with van der Waals surface area (Å²) in [6.45, 7) is -0.236. The highest BCUT2D eigenvalue weighted by atomic mass is 19.1. The fourth-order valence-corrected chi connectivity index (χ4v) is 4.41. The van der Waals surface area contributed by atoms with Gasteiger partial charge in [-0.3, -0.25) is 4.39 Å². The molecule has 152 valence electrons. The molecule has 0 bridgehead atoms. The molecule has 0 N–H and O–H groups in total. The summed E-state index contributed by atoms with van der Waals surface area (Å²) >= 11 is 0. The minimum atomic E-state index is -0.236. The van der Waals surface area contributed by atoms with Crippen LogP contribution in [0, 0.1) is 23.2 Å². The number of hydrogen-bond acceptors (Lipinski definition) is 1. The highest BCUT2D eigenvalue weighted by molar-refractivity contribution is 5.64. The summed E-state index contributed by atoms with van der Waals surface area (Å²) in [4.78, 5) is 0. The van der Waals surface area contributed by atoms with Gasteiger partial charge in [0, 0.05) is 0 Å². The number of allylic oxidation sites excluding steroid dienone is 2. The van der Waals surface area contributed by atoms with Gasteiger partial charge < -0.3 is 0 Å². The van der Waals surface area contributed by atoms with E-state index in [1.165, 1.54) is 49.7 Å². The summed E-state index contributed by atoms with van der Waals surface area (Å²) < 4.78 is 12.1. The van der Waals surface area contributed by atoms with Gasteiger partial charge in [0.2, 0.25) is 0 Å². The van der Waals surface area contributed by atoms with Gasteiger partial charge in [-0.1, -0.05) is 74.2 Å². The summed E-state index contributed by atoms with van der Waals surface area (Å²) in [6.07, 6.45) is 15.0. The Hall–Kier alpha value is -2.40. The summed E-state index contributed by atoms with van der Waals surface area (Å²) in [5.74, 6) is 1.74. The number of benzene rings is 2. The van der Waals surface area contributed by atoms with Crippen LogP contribution in [-0.2, 0) is 6.42 Å². The van der Waals surface area contributed by atoms with E-state index in [1.807, 2.05) is 30.3 Å². The molecule has 1 fully saturated rings. The molecule has 0 aliphatic heterocycles. The van der Waals surface area contributed by atoms with Crippen molar-refractivity contribution < 1.29 is 4.39 Å². The molecular weight excluding hydrogens is 357 g/mol. The molecule has 2 heteroatoms. The fourth-order valence-electron chi connectivity index (χ4n) is 4.41. The minimum Gasteiger partial charge on any atom is -0.251 e. The van der Waals surface area contributed by atoms with E-state index >= 15 is 0 Å². The van der Waals surface area contributed by atoms with Crippen LogP contribution >= 0.6 is 0 Å². The SMILES string of the molecule is N#Cc1ccc(-c2ccc(CCC3CCC(CC/C=C/CCF)CC3)cc2)cc1. The fraction of sp³-hybridized carbons (Fsp3) is 0.444. The van der Waals surface area contributed by atoms with E-state index in [-0.39, 0.29) is 6.67 Å². The van der Waals surface area contributed by atoms with Gasteiger partial charge in [0.05, 0.1) is 18.3 Å². The first-order valence-electron chi connectivity index (χ1n) is 11.1. The van der Waals surface area contributed by atoms with Crippen molar-refractivity contribution in [2.45, 2.75) is 57.8 Å². The molecule has 2 aromatic rings. The Morgan fingerprint density at radius 2 is 1.34 bits per heavy atom. The topological polar surface area (TPSA) is 23.8 Å². The van der Waals surface area contributed by atoms with E-state index < -0.39 is 0 Å². The maximum absolute atomic E-state index is 12.1. The number of nitrogens with zero attached hydrogens (tertiary/aromatic N) is 1. The molecule has 0 amide bonds. The summed E-state index contributed by atoms with van der Waals surface area (Å²) in [7, 11) is 0. The summed E-state index contributed by atoms with van der Waals surface area (Å²) in [5.41, 5.74) is 4.49. The van der Waals surface area contributed by atoms with Crippen LogP contribution in [0.5, 0.6) is 0 Å². The number of aryl methyl sites for hydroxylation is 1. The Bertz CT molecular complexity index is 790. The molecule has 1 nitrogen and oxygen atoms in total. The van der Waals surface area contributed by atoms with Crippen LogP contribution < -0.4 is 0 Å². The van der Waals surface area contributed by atoms with Crippen molar-refractivity contribution in [1.82, 2.24) is 0 Å². The van der Waals surface area contributed by atoms with Crippen LogP contribution in [-0.4, -0.2) is 6.67 Å². The Morgan fingerprint density at radius 3 is 1.93 bits per heavy atom. The lowest BCUT2D eigenvalue weighted by Gasteiger charge is -2.28. The molecule has 2 aromatic carbocycles. The smallest absolute Gasteiger partial charge is 0.0991 e. The van der Waals surface area contributed by atoms with E-state index in [1.54, 1.807) is 0 Å². The van der Waals surface area contributed by atoms with Crippen molar-refractivity contribution in [2.75, 3.05) is 6.67 Å². The lowest BCUT2D eigenvalue weighted by atomic mass is 9.78. The second-order valence-corrected chi connectivity index (χ2v) is 8.34. The van der Waals surface area contributed by atoms with Gasteiger partial charge in [-0.25, -0.2) is 0 Å². The second kappa shape index (κ2) is 11.6. The standard InChI is InChI=1S/C27H32FN/c28-20-4-2-1-3-5-22-6-8-23(9-7-22)10-11-24-12-16-26(17-13-24)27-18-14-25(21-29)15-19-27/h1-2,12-19,22-23H,3-11,20H2/b2-1+. The molecule has 0 heterocycles. The predicted molar refractivity (Wildman–Crippen MR) is 119 cm³/mol. The van der Waals surface area contributed by atoms with Gasteiger partial charge in [-0.2, -0.15) is 5.26 Å². The molecule has 0 saturated heterocycles. The molecule has 0 radical (unpaired) electrons. The third-order valence-electron chi connectivity index (χ3n) is 6.29. The maximum atomic E-state index is 12.1. The predicted octanol–water partition coefficient (Wildman–Crippen LogP) is 7.66. The first-order chi connectivity index (χ1) is 14.3. The van der Waals surface area contributed by atoms with Gasteiger partial charge in [0.25, 0.3) is 0 Å². The Balaban J connectivity index is 1.39. The van der Waals surface area contributed by atoms with Gasteiger partial charge in [0.15, 0.2) is 0 Å². The first-order valence-corrected chi connectivity index (χ1v) is 11.1. The largest absolute Gasteiger partial charge is 0.251 e. The van der Waals surface area contributed by atoms with Crippen molar-refractivity contribution in [2.24, 2.45) is 11.8 Å². The summed E-state index contributed by atoms with van der Waals surface area (Å²) in [5, 5.41) is 8.92. The molecule has 0 atom stereocenters. The van der Waals surface area contributed by atoms with Crippen molar-refractivity contribution in [3.05, 3.63) is 71.8 Å². The molecule has 29 heavy (non-hydrogen) atoms. The minimum absolute atomic E-state index is 0.236. The van der Waals surface area contributed by atoms with Crippen LogP contribution in [0.25, 0.3) is 11.1 Å². The van der Waals surface area contributed by atoms with E-state index in [0.717, 1.165) is 30.2 Å². The van der Waals surface area contributed by atoms with E-state index in [0.29, 0.717) is 12.0 Å². The van der Waals surface area contributed by atoms with Gasteiger partial charge in [-0.05, 0) is 72.8 Å². The zero-order chi connectivity index (χ0) is 20.3. The molecule has 1 saturated carbocycles. The quantitative estimate of drug-likeness (QED) is 0.404. The Kier molecular flexibility index (Phi) is 8.50. The van der Waals surface area contributed by atoms with Gasteiger partial charge >= 0.3 is 0 Å². The van der Waals surface area contributed by atoms with Crippen LogP contribution in [0.1, 0.15) is 62.5 Å². The lowest BCUT2D eigenvalue weighted by molar-refractivity contribution is 0.254. The highest BCUT2D eigenvalue weighted by Crippen LogP contribution is 2.34. The first kappa shape index (κ1) is 21.3. The highest BCUT2D eigenvalue weighted by Gasteiger charge is 2.20.